The van der Waals surface area contributed by atoms with E-state index in [0.29, 0.717) is 29.6 Å². The Morgan fingerprint density at radius 3 is 2.57 bits per heavy atom. The molecule has 8 nitrogen and oxygen atoms in total. The Balaban J connectivity index is 1.68. The van der Waals surface area contributed by atoms with Crippen LogP contribution in [0.25, 0.3) is 0 Å². The fourth-order valence-corrected chi connectivity index (χ4v) is 3.13. The SMILES string of the molecule is CN=C(NCc1cc2c(cc1OC(F)F)OCO2)NCc1ncc(C)c(OC)c1C. The Kier molecular flexibility index (Phi) is 6.76. The number of fused-ring (bicyclic) bond motifs is 1. The van der Waals surface area contributed by atoms with Crippen molar-refractivity contribution in [3.05, 3.63) is 40.7 Å². The van der Waals surface area contributed by atoms with Gasteiger partial charge in [0, 0.05) is 42.5 Å². The van der Waals surface area contributed by atoms with Crippen molar-refractivity contribution in [1.82, 2.24) is 15.6 Å². The van der Waals surface area contributed by atoms with Crippen LogP contribution in [0.4, 0.5) is 8.78 Å². The van der Waals surface area contributed by atoms with Gasteiger partial charge in [-0.2, -0.15) is 8.78 Å². The van der Waals surface area contributed by atoms with Gasteiger partial charge in [-0.3, -0.25) is 9.98 Å². The Hall–Kier alpha value is -3.30. The first-order valence-corrected chi connectivity index (χ1v) is 9.23. The second-order valence-electron chi connectivity index (χ2n) is 6.52. The van der Waals surface area contributed by atoms with Crippen molar-refractivity contribution < 1.29 is 27.7 Å². The molecule has 0 saturated heterocycles. The maximum atomic E-state index is 12.8. The van der Waals surface area contributed by atoms with E-state index in [-0.39, 0.29) is 19.1 Å². The van der Waals surface area contributed by atoms with Crippen molar-refractivity contribution in [3.8, 4) is 23.0 Å². The van der Waals surface area contributed by atoms with E-state index in [4.69, 9.17) is 14.2 Å². The van der Waals surface area contributed by atoms with Crippen LogP contribution in [0, 0.1) is 13.8 Å². The number of methoxy groups -OCH3 is 1. The molecule has 162 valence electrons. The molecule has 0 radical (unpaired) electrons. The molecule has 0 atom stereocenters. The third kappa shape index (κ3) is 4.81. The minimum Gasteiger partial charge on any atom is -0.496 e. The molecule has 0 unspecified atom stereocenters. The summed E-state index contributed by atoms with van der Waals surface area (Å²) in [6.07, 6.45) is 1.75. The molecule has 10 heteroatoms. The van der Waals surface area contributed by atoms with E-state index >= 15 is 0 Å². The number of guanidine groups is 1. The number of benzene rings is 1. The van der Waals surface area contributed by atoms with Crippen LogP contribution in [0.1, 0.15) is 22.4 Å². The summed E-state index contributed by atoms with van der Waals surface area (Å²) in [4.78, 5) is 8.60. The summed E-state index contributed by atoms with van der Waals surface area (Å²) in [5, 5.41) is 6.23. The molecule has 1 aromatic carbocycles. The molecule has 3 rings (SSSR count). The lowest BCUT2D eigenvalue weighted by Gasteiger charge is -2.16. The average Bonchev–Trinajstić information content (AvgIpc) is 3.16. The van der Waals surface area contributed by atoms with Crippen LogP contribution in [-0.4, -0.2) is 38.5 Å². The van der Waals surface area contributed by atoms with Crippen molar-refractivity contribution in [1.29, 1.82) is 0 Å². The van der Waals surface area contributed by atoms with Crippen molar-refractivity contribution in [2.45, 2.75) is 33.5 Å². The third-order valence-corrected chi connectivity index (χ3v) is 4.61. The van der Waals surface area contributed by atoms with Crippen LogP contribution < -0.4 is 29.6 Å². The lowest BCUT2D eigenvalue weighted by molar-refractivity contribution is -0.0505. The number of ether oxygens (including phenoxy) is 4. The summed E-state index contributed by atoms with van der Waals surface area (Å²) in [5.74, 6) is 2.11. The van der Waals surface area contributed by atoms with Gasteiger partial charge in [0.1, 0.15) is 11.5 Å². The predicted molar refractivity (Wildman–Crippen MR) is 106 cm³/mol. The van der Waals surface area contributed by atoms with Crippen LogP contribution in [-0.2, 0) is 13.1 Å². The zero-order valence-corrected chi connectivity index (χ0v) is 17.2. The molecule has 0 saturated carbocycles. The number of hydrogen-bond donors (Lipinski definition) is 2. The normalized spacial score (nSPS) is 12.8. The van der Waals surface area contributed by atoms with Crippen LogP contribution in [0.2, 0.25) is 0 Å². The number of alkyl halides is 2. The highest BCUT2D eigenvalue weighted by atomic mass is 19.3. The Morgan fingerprint density at radius 1 is 1.20 bits per heavy atom. The van der Waals surface area contributed by atoms with Gasteiger partial charge in [-0.25, -0.2) is 0 Å². The molecule has 30 heavy (non-hydrogen) atoms. The number of nitrogens with one attached hydrogen (secondary N) is 2. The Bertz CT molecular complexity index is 938. The first-order chi connectivity index (χ1) is 14.4. The molecule has 2 heterocycles. The number of hydrogen-bond acceptors (Lipinski definition) is 6. The monoisotopic (exact) mass is 422 g/mol. The largest absolute Gasteiger partial charge is 0.496 e. The quantitative estimate of drug-likeness (QED) is 0.524. The third-order valence-electron chi connectivity index (χ3n) is 4.61. The zero-order valence-electron chi connectivity index (χ0n) is 17.2. The van der Waals surface area contributed by atoms with Crippen molar-refractivity contribution >= 4 is 5.96 Å². The number of aryl methyl sites for hydroxylation is 1. The van der Waals surface area contributed by atoms with Crippen molar-refractivity contribution in [3.63, 3.8) is 0 Å². The number of aliphatic imine (C=N–C) groups is 1. The summed E-state index contributed by atoms with van der Waals surface area (Å²) in [5.41, 5.74) is 3.18. The van der Waals surface area contributed by atoms with E-state index in [1.807, 2.05) is 13.8 Å². The highest BCUT2D eigenvalue weighted by Gasteiger charge is 2.20. The summed E-state index contributed by atoms with van der Waals surface area (Å²) in [6, 6.07) is 3.00. The first kappa shape index (κ1) is 21.4. The summed E-state index contributed by atoms with van der Waals surface area (Å²) in [6.45, 7) is 1.54. The molecule has 1 aliphatic rings. The predicted octanol–water partition coefficient (Wildman–Crippen LogP) is 2.90. The van der Waals surface area contributed by atoms with Gasteiger partial charge in [0.2, 0.25) is 6.79 Å². The Morgan fingerprint density at radius 2 is 1.90 bits per heavy atom. The van der Waals surface area contributed by atoms with E-state index in [2.05, 4.69) is 25.3 Å². The lowest BCUT2D eigenvalue weighted by atomic mass is 10.1. The van der Waals surface area contributed by atoms with E-state index in [9.17, 15) is 8.78 Å². The zero-order chi connectivity index (χ0) is 21.7. The molecule has 0 aliphatic carbocycles. The molecular weight excluding hydrogens is 398 g/mol. The van der Waals surface area contributed by atoms with Crippen LogP contribution in [0.3, 0.4) is 0 Å². The molecular formula is C20H24F2N4O4. The number of aromatic nitrogens is 1. The lowest BCUT2D eigenvalue weighted by Crippen LogP contribution is -2.36. The minimum absolute atomic E-state index is 0.0120. The summed E-state index contributed by atoms with van der Waals surface area (Å²) < 4.78 is 46.2. The Labute approximate surface area is 173 Å². The van der Waals surface area contributed by atoms with Gasteiger partial charge < -0.3 is 29.6 Å². The van der Waals surface area contributed by atoms with Gasteiger partial charge in [-0.05, 0) is 19.9 Å². The maximum Gasteiger partial charge on any atom is 0.387 e. The highest BCUT2D eigenvalue weighted by molar-refractivity contribution is 5.79. The first-order valence-electron chi connectivity index (χ1n) is 9.23. The van der Waals surface area contributed by atoms with Gasteiger partial charge in [-0.1, -0.05) is 0 Å². The number of pyridine rings is 1. The second-order valence-corrected chi connectivity index (χ2v) is 6.52. The molecule has 0 spiro atoms. The number of nitrogens with zero attached hydrogens (tertiary/aromatic N) is 2. The molecule has 1 aliphatic heterocycles. The van der Waals surface area contributed by atoms with E-state index < -0.39 is 6.61 Å². The van der Waals surface area contributed by atoms with Gasteiger partial charge in [0.05, 0.1) is 19.3 Å². The standard InChI is InChI=1S/C20H24F2N4O4/c1-11-7-24-14(12(2)18(11)27-4)9-26-20(23-3)25-8-13-5-16-17(29-10-28-16)6-15(13)30-19(21)22/h5-7,19H,8-10H2,1-4H3,(H2,23,25,26). The molecule has 0 bridgehead atoms. The van der Waals surface area contributed by atoms with Gasteiger partial charge in [0.25, 0.3) is 0 Å². The minimum atomic E-state index is -2.95. The maximum absolute atomic E-state index is 12.8. The fraction of sp³-hybridized carbons (Fsp3) is 0.400. The smallest absolute Gasteiger partial charge is 0.387 e. The summed E-state index contributed by atoms with van der Waals surface area (Å²) >= 11 is 0. The highest BCUT2D eigenvalue weighted by Crippen LogP contribution is 2.38. The van der Waals surface area contributed by atoms with E-state index in [1.54, 1.807) is 26.4 Å². The number of halogens is 2. The average molecular weight is 422 g/mol. The van der Waals surface area contributed by atoms with Gasteiger partial charge in [0.15, 0.2) is 17.5 Å². The van der Waals surface area contributed by atoms with Crippen LogP contribution >= 0.6 is 0 Å². The fourth-order valence-electron chi connectivity index (χ4n) is 3.13. The number of rotatable bonds is 7. The van der Waals surface area contributed by atoms with Crippen molar-refractivity contribution in [2.75, 3.05) is 21.0 Å². The summed E-state index contributed by atoms with van der Waals surface area (Å²) in [7, 11) is 3.24. The van der Waals surface area contributed by atoms with Gasteiger partial charge in [-0.15, -0.1) is 0 Å². The van der Waals surface area contributed by atoms with Crippen LogP contribution in [0.5, 0.6) is 23.0 Å². The second kappa shape index (κ2) is 9.47. The van der Waals surface area contributed by atoms with E-state index in [1.165, 1.54) is 6.07 Å². The van der Waals surface area contributed by atoms with Crippen molar-refractivity contribution in [2.24, 2.45) is 4.99 Å². The van der Waals surface area contributed by atoms with Gasteiger partial charge >= 0.3 is 6.61 Å². The molecule has 2 aromatic rings. The topological polar surface area (TPSA) is 86.2 Å². The van der Waals surface area contributed by atoms with Crippen LogP contribution in [0.15, 0.2) is 23.3 Å². The molecule has 1 aromatic heterocycles. The molecule has 0 amide bonds. The van der Waals surface area contributed by atoms with E-state index in [0.717, 1.165) is 22.6 Å². The molecule has 2 N–H and O–H groups in total. The molecule has 0 fully saturated rings.